The maximum atomic E-state index is 11.3. The molecule has 1 aromatic carbocycles. The molecule has 0 aliphatic carbocycles. The Morgan fingerprint density at radius 1 is 1.62 bits per heavy atom. The molecule has 66 valence electrons. The van der Waals surface area contributed by atoms with Crippen molar-refractivity contribution in [1.82, 2.24) is 4.90 Å². The van der Waals surface area contributed by atoms with E-state index in [0.717, 1.165) is 4.90 Å². The Morgan fingerprint density at radius 3 is 3.15 bits per heavy atom. The minimum absolute atomic E-state index is 0.00528. The first kappa shape index (κ1) is 5.22. The fourth-order valence-corrected chi connectivity index (χ4v) is 1.18. The molecule has 2 nitrogen and oxygen atoms in total. The molecule has 0 aromatic heterocycles. The number of nitrogens with zero attached hydrogens (tertiary/aromatic N) is 1. The summed E-state index contributed by atoms with van der Waals surface area (Å²) in [6, 6.07) is 6.93. The molecular weight excluding hydrogens is 162 g/mol. The van der Waals surface area contributed by atoms with Crippen molar-refractivity contribution >= 4 is 12.0 Å². The zero-order valence-electron chi connectivity index (χ0n) is 10.2. The van der Waals surface area contributed by atoms with Crippen LogP contribution in [0.25, 0.3) is 6.05 Å². The smallest absolute Gasteiger partial charge is 0.223 e. The molecule has 2 heteroatoms. The fourth-order valence-electron chi connectivity index (χ4n) is 1.18. The summed E-state index contributed by atoms with van der Waals surface area (Å²) in [4.78, 5) is 12.4. The number of fused-ring (bicyclic) bond motifs is 1. The van der Waals surface area contributed by atoms with Crippen molar-refractivity contribution in [3.05, 3.63) is 41.6 Å². The zero-order chi connectivity index (χ0) is 11.9. The molecule has 1 heterocycles. The van der Waals surface area contributed by atoms with Gasteiger partial charge in [-0.05, 0) is 17.2 Å². The molecule has 0 N–H and O–H groups in total. The Morgan fingerprint density at radius 2 is 2.38 bits per heavy atom. The average Bonchev–Trinajstić information content (AvgIpc) is 2.26. The number of hydrogen-bond acceptors (Lipinski definition) is 1. The third-order valence-corrected chi connectivity index (χ3v) is 1.88. The Kier molecular flexibility index (Phi) is 1.23. The molecule has 2 rings (SSSR count). The van der Waals surface area contributed by atoms with Crippen LogP contribution >= 0.6 is 0 Å². The van der Waals surface area contributed by atoms with Crippen molar-refractivity contribution in [3.63, 3.8) is 0 Å². The fraction of sp³-hybridized carbons (Fsp3) is 0.182. The zero-order valence-corrected chi connectivity index (χ0v) is 7.24. The van der Waals surface area contributed by atoms with Crippen LogP contribution in [0.2, 0.25) is 0 Å². The highest BCUT2D eigenvalue weighted by atomic mass is 16.2. The first-order chi connectivity index (χ1) is 7.54. The van der Waals surface area contributed by atoms with E-state index in [1.165, 1.54) is 6.92 Å². The van der Waals surface area contributed by atoms with E-state index in [2.05, 4.69) is 0 Å². The molecule has 1 aliphatic rings. The van der Waals surface area contributed by atoms with Crippen molar-refractivity contribution < 1.29 is 8.91 Å². The van der Waals surface area contributed by atoms with Crippen LogP contribution in [-0.4, -0.2) is 10.8 Å². The summed E-state index contributed by atoms with van der Waals surface area (Å²) >= 11 is 0. The van der Waals surface area contributed by atoms with Crippen LogP contribution in [0.15, 0.2) is 30.4 Å². The second kappa shape index (κ2) is 3.05. The Bertz CT molecular complexity index is 484. The third kappa shape index (κ3) is 1.47. The summed E-state index contributed by atoms with van der Waals surface area (Å²) in [6.07, 6.45) is -0.203. The van der Waals surface area contributed by atoms with Crippen LogP contribution < -0.4 is 0 Å². The van der Waals surface area contributed by atoms with Gasteiger partial charge < -0.3 is 4.90 Å². The molecule has 0 radical (unpaired) electrons. The summed E-state index contributed by atoms with van der Waals surface area (Å²) < 4.78 is 23.4. The molecule has 1 atom stereocenters. The maximum Gasteiger partial charge on any atom is 0.223 e. The lowest BCUT2D eigenvalue weighted by molar-refractivity contribution is -0.126. The first-order valence-electron chi connectivity index (χ1n) is 5.60. The molecule has 1 amide bonds. The van der Waals surface area contributed by atoms with Gasteiger partial charge in [0.1, 0.15) is 0 Å². The highest BCUT2D eigenvalue weighted by Crippen LogP contribution is 2.18. The Hall–Kier alpha value is -1.57. The predicted molar refractivity (Wildman–Crippen MR) is 51.7 cm³/mol. The molecule has 0 fully saturated rings. The molecule has 13 heavy (non-hydrogen) atoms. The maximum absolute atomic E-state index is 11.3. The topological polar surface area (TPSA) is 20.3 Å². The molecule has 1 aliphatic heterocycles. The molecule has 1 aromatic rings. The molecule has 0 spiro atoms. The normalized spacial score (nSPS) is 24.5. The third-order valence-electron chi connectivity index (χ3n) is 1.88. The van der Waals surface area contributed by atoms with E-state index in [1.54, 1.807) is 24.3 Å². The average molecular weight is 176 g/mol. The molecule has 1 unspecified atom stereocenters. The molecular formula is C11H11NO. The van der Waals surface area contributed by atoms with Crippen LogP contribution in [0.4, 0.5) is 0 Å². The van der Waals surface area contributed by atoms with Gasteiger partial charge in [0, 0.05) is 13.1 Å². The van der Waals surface area contributed by atoms with Gasteiger partial charge in [0.15, 0.2) is 0 Å². The van der Waals surface area contributed by atoms with Gasteiger partial charge in [0.05, 0.1) is 10.6 Å². The number of carbonyl (C=O) groups excluding carboxylic acids is 1. The molecule has 0 saturated carbocycles. The minimum Gasteiger partial charge on any atom is -0.315 e. The van der Waals surface area contributed by atoms with Crippen molar-refractivity contribution in [2.75, 3.05) is 0 Å². The summed E-state index contributed by atoms with van der Waals surface area (Å²) in [7, 11) is 0. The number of benzene rings is 1. The van der Waals surface area contributed by atoms with Crippen molar-refractivity contribution in [1.29, 1.82) is 0 Å². The van der Waals surface area contributed by atoms with Gasteiger partial charge in [-0.1, -0.05) is 24.3 Å². The second-order valence-corrected chi connectivity index (χ2v) is 2.84. The lowest BCUT2D eigenvalue weighted by Gasteiger charge is -2.21. The van der Waals surface area contributed by atoms with Crippen LogP contribution in [-0.2, 0) is 11.3 Å². The second-order valence-electron chi connectivity index (χ2n) is 2.84. The van der Waals surface area contributed by atoms with Gasteiger partial charge in [-0.15, -0.1) is 0 Å². The lowest BCUT2D eigenvalue weighted by atomic mass is 10.0. The minimum atomic E-state index is -0.921. The highest BCUT2D eigenvalue weighted by molar-refractivity contribution is 5.76. The highest BCUT2D eigenvalue weighted by Gasteiger charge is 2.11. The van der Waals surface area contributed by atoms with Gasteiger partial charge >= 0.3 is 0 Å². The van der Waals surface area contributed by atoms with Gasteiger partial charge in [0.2, 0.25) is 5.91 Å². The van der Waals surface area contributed by atoms with Crippen molar-refractivity contribution in [3.8, 4) is 0 Å². The van der Waals surface area contributed by atoms with E-state index in [-0.39, 0.29) is 18.1 Å². The predicted octanol–water partition coefficient (Wildman–Crippen LogP) is 2.02. The van der Waals surface area contributed by atoms with Crippen LogP contribution in [0.1, 0.15) is 22.2 Å². The van der Waals surface area contributed by atoms with Gasteiger partial charge in [0.25, 0.3) is 0 Å². The standard InChI is InChI=1S/C11H11NO/c1-9(13)12-7-6-10-4-2-3-5-11(10)8-12/h2-7H,8H2,1H3/i6D,7D,8D. The van der Waals surface area contributed by atoms with E-state index in [4.69, 9.17) is 4.11 Å². The number of hydrogen-bond donors (Lipinski definition) is 0. The summed E-state index contributed by atoms with van der Waals surface area (Å²) in [5.41, 5.74) is 1.16. The van der Waals surface area contributed by atoms with Crippen molar-refractivity contribution in [2.24, 2.45) is 0 Å². The van der Waals surface area contributed by atoms with Gasteiger partial charge in [-0.2, -0.15) is 0 Å². The van der Waals surface area contributed by atoms with E-state index < -0.39 is 6.52 Å². The number of carbonyl (C=O) groups is 1. The van der Waals surface area contributed by atoms with Gasteiger partial charge in [-0.25, -0.2) is 0 Å². The van der Waals surface area contributed by atoms with E-state index in [0.29, 0.717) is 11.1 Å². The monoisotopic (exact) mass is 176 g/mol. The molecule has 0 saturated heterocycles. The van der Waals surface area contributed by atoms with E-state index in [9.17, 15) is 4.79 Å². The van der Waals surface area contributed by atoms with Gasteiger partial charge in [-0.3, -0.25) is 4.79 Å². The lowest BCUT2D eigenvalue weighted by Crippen LogP contribution is -2.24. The molecule has 0 bridgehead atoms. The van der Waals surface area contributed by atoms with E-state index >= 15 is 0 Å². The summed E-state index contributed by atoms with van der Waals surface area (Å²) in [5, 5.41) is 0. The van der Waals surface area contributed by atoms with Crippen molar-refractivity contribution in [2.45, 2.75) is 13.4 Å². The largest absolute Gasteiger partial charge is 0.315 e. The summed E-state index contributed by atoms with van der Waals surface area (Å²) in [5.74, 6) is -0.385. The number of rotatable bonds is 0. The van der Waals surface area contributed by atoms with E-state index in [1.807, 2.05) is 0 Å². The van der Waals surface area contributed by atoms with Crippen LogP contribution in [0.5, 0.6) is 0 Å². The number of amides is 1. The SMILES string of the molecule is [2H]C1=C([2H])N(C(C)=O)C([2H])c2ccccc21. The summed E-state index contributed by atoms with van der Waals surface area (Å²) in [6.45, 7) is 0.382. The van der Waals surface area contributed by atoms with Crippen LogP contribution in [0, 0.1) is 0 Å². The quantitative estimate of drug-likeness (QED) is 0.592. The Labute approximate surface area is 81.7 Å². The Balaban J connectivity index is 2.64. The first-order valence-corrected chi connectivity index (χ1v) is 4.03. The van der Waals surface area contributed by atoms with Crippen LogP contribution in [0.3, 0.4) is 0 Å².